The molecule has 1 heterocycles. The van der Waals surface area contributed by atoms with Gasteiger partial charge in [-0.3, -0.25) is 0 Å². The maximum absolute atomic E-state index is 3.58. The Labute approximate surface area is 88.1 Å². The Morgan fingerprint density at radius 2 is 2.07 bits per heavy atom. The molecule has 2 rings (SSSR count). The minimum absolute atomic E-state index is 0.825. The van der Waals surface area contributed by atoms with Gasteiger partial charge in [-0.25, -0.2) is 0 Å². The molecule has 0 amide bonds. The monoisotopic (exact) mass is 196 g/mol. The van der Waals surface area contributed by atoms with Crippen LogP contribution in [0.4, 0.5) is 0 Å². The minimum atomic E-state index is 0.825. The minimum Gasteiger partial charge on any atom is -0.314 e. The molecule has 2 unspecified atom stereocenters. The molecular formula is C12H24N2. The summed E-state index contributed by atoms with van der Waals surface area (Å²) in [5.74, 6) is 0.918. The molecule has 1 saturated carbocycles. The first-order valence-electron chi connectivity index (χ1n) is 6.23. The van der Waals surface area contributed by atoms with Gasteiger partial charge in [-0.2, -0.15) is 0 Å². The van der Waals surface area contributed by atoms with Crippen molar-refractivity contribution < 1.29 is 0 Å². The molecular weight excluding hydrogens is 172 g/mol. The van der Waals surface area contributed by atoms with E-state index in [1.807, 2.05) is 0 Å². The van der Waals surface area contributed by atoms with Crippen LogP contribution in [0.5, 0.6) is 0 Å². The molecule has 1 aliphatic carbocycles. The second-order valence-electron chi connectivity index (χ2n) is 5.27. The Kier molecular flexibility index (Phi) is 3.45. The van der Waals surface area contributed by atoms with Crippen LogP contribution in [0.1, 0.15) is 39.5 Å². The second kappa shape index (κ2) is 4.63. The molecule has 2 aliphatic rings. The van der Waals surface area contributed by atoms with Gasteiger partial charge in [0.05, 0.1) is 0 Å². The lowest BCUT2D eigenvalue weighted by molar-refractivity contribution is 0.260. The molecule has 0 aromatic rings. The predicted molar refractivity (Wildman–Crippen MR) is 60.5 cm³/mol. The average Bonchev–Trinajstić information content (AvgIpc) is 2.88. The molecule has 2 atom stereocenters. The summed E-state index contributed by atoms with van der Waals surface area (Å²) in [6.45, 7) is 8.59. The summed E-state index contributed by atoms with van der Waals surface area (Å²) in [7, 11) is 0. The Morgan fingerprint density at radius 1 is 1.29 bits per heavy atom. The lowest BCUT2D eigenvalue weighted by Crippen LogP contribution is -2.30. The molecule has 2 nitrogen and oxygen atoms in total. The molecule has 14 heavy (non-hydrogen) atoms. The van der Waals surface area contributed by atoms with Crippen LogP contribution in [0.15, 0.2) is 0 Å². The van der Waals surface area contributed by atoms with Gasteiger partial charge in [-0.05, 0) is 51.6 Å². The number of hydrogen-bond donors (Lipinski definition) is 1. The van der Waals surface area contributed by atoms with E-state index in [1.54, 1.807) is 0 Å². The Bertz CT molecular complexity index is 177. The predicted octanol–water partition coefficient (Wildman–Crippen LogP) is 1.86. The molecule has 2 fully saturated rings. The average molecular weight is 196 g/mol. The van der Waals surface area contributed by atoms with Crippen LogP contribution in [0, 0.1) is 5.92 Å². The van der Waals surface area contributed by atoms with Gasteiger partial charge in [0.2, 0.25) is 0 Å². The normalized spacial score (nSPS) is 33.9. The van der Waals surface area contributed by atoms with Gasteiger partial charge in [0.15, 0.2) is 0 Å². The zero-order valence-corrected chi connectivity index (χ0v) is 9.63. The third-order valence-corrected chi connectivity index (χ3v) is 3.55. The van der Waals surface area contributed by atoms with E-state index in [9.17, 15) is 0 Å². The second-order valence-corrected chi connectivity index (χ2v) is 5.27. The fraction of sp³-hybridized carbons (Fsp3) is 1.00. The number of nitrogens with one attached hydrogen (secondary N) is 1. The maximum Gasteiger partial charge on any atom is 0.00700 e. The Hall–Kier alpha value is -0.0800. The van der Waals surface area contributed by atoms with Crippen molar-refractivity contribution in [1.82, 2.24) is 10.2 Å². The van der Waals surface area contributed by atoms with Crippen LogP contribution < -0.4 is 5.32 Å². The highest BCUT2D eigenvalue weighted by atomic mass is 15.2. The summed E-state index contributed by atoms with van der Waals surface area (Å²) in [5.41, 5.74) is 0. The van der Waals surface area contributed by atoms with Crippen molar-refractivity contribution in [3.8, 4) is 0 Å². The standard InChI is InChI=1S/C12H24N2/c1-10-8-11(2)14(9-10)7-3-6-13-12-4-5-12/h10-13H,3-9H2,1-2H3. The van der Waals surface area contributed by atoms with Gasteiger partial charge < -0.3 is 10.2 Å². The van der Waals surface area contributed by atoms with E-state index in [-0.39, 0.29) is 0 Å². The number of nitrogens with zero attached hydrogens (tertiary/aromatic N) is 1. The molecule has 1 N–H and O–H groups in total. The quantitative estimate of drug-likeness (QED) is 0.675. The third kappa shape index (κ3) is 2.96. The number of hydrogen-bond acceptors (Lipinski definition) is 2. The van der Waals surface area contributed by atoms with Gasteiger partial charge in [-0.15, -0.1) is 0 Å². The molecule has 1 aliphatic heterocycles. The summed E-state index contributed by atoms with van der Waals surface area (Å²) in [6.07, 6.45) is 5.55. The van der Waals surface area contributed by atoms with Crippen LogP contribution >= 0.6 is 0 Å². The fourth-order valence-corrected chi connectivity index (χ4v) is 2.57. The smallest absolute Gasteiger partial charge is 0.00700 e. The van der Waals surface area contributed by atoms with Gasteiger partial charge >= 0.3 is 0 Å². The molecule has 0 aromatic heterocycles. The van der Waals surface area contributed by atoms with Crippen LogP contribution in [-0.2, 0) is 0 Å². The van der Waals surface area contributed by atoms with E-state index in [2.05, 4.69) is 24.1 Å². The lowest BCUT2D eigenvalue weighted by Gasteiger charge is -2.20. The highest BCUT2D eigenvalue weighted by molar-refractivity contribution is 4.82. The Morgan fingerprint density at radius 3 is 2.64 bits per heavy atom. The van der Waals surface area contributed by atoms with Crippen LogP contribution in [0.3, 0.4) is 0 Å². The van der Waals surface area contributed by atoms with Gasteiger partial charge in [-0.1, -0.05) is 6.92 Å². The molecule has 0 bridgehead atoms. The zero-order valence-electron chi connectivity index (χ0n) is 9.63. The molecule has 1 saturated heterocycles. The van der Waals surface area contributed by atoms with E-state index in [0.717, 1.165) is 18.0 Å². The topological polar surface area (TPSA) is 15.3 Å². The highest BCUT2D eigenvalue weighted by Gasteiger charge is 2.25. The SMILES string of the molecule is CC1CC(C)N(CCCNC2CC2)C1. The van der Waals surface area contributed by atoms with Crippen molar-refractivity contribution in [2.24, 2.45) is 5.92 Å². The maximum atomic E-state index is 3.58. The van der Waals surface area contributed by atoms with E-state index in [4.69, 9.17) is 0 Å². The first-order chi connectivity index (χ1) is 6.75. The van der Waals surface area contributed by atoms with E-state index < -0.39 is 0 Å². The third-order valence-electron chi connectivity index (χ3n) is 3.55. The first kappa shape index (κ1) is 10.4. The summed E-state index contributed by atoms with van der Waals surface area (Å²) >= 11 is 0. The molecule has 0 spiro atoms. The summed E-state index contributed by atoms with van der Waals surface area (Å²) < 4.78 is 0. The largest absolute Gasteiger partial charge is 0.314 e. The van der Waals surface area contributed by atoms with Crippen LogP contribution in [0.25, 0.3) is 0 Å². The molecule has 0 radical (unpaired) electrons. The van der Waals surface area contributed by atoms with Crippen LogP contribution in [-0.4, -0.2) is 36.6 Å². The summed E-state index contributed by atoms with van der Waals surface area (Å²) in [4.78, 5) is 2.65. The van der Waals surface area contributed by atoms with E-state index in [0.29, 0.717) is 0 Å². The van der Waals surface area contributed by atoms with Crippen molar-refractivity contribution in [3.63, 3.8) is 0 Å². The number of rotatable bonds is 5. The lowest BCUT2D eigenvalue weighted by atomic mass is 10.1. The van der Waals surface area contributed by atoms with Crippen molar-refractivity contribution in [1.29, 1.82) is 0 Å². The van der Waals surface area contributed by atoms with Crippen molar-refractivity contribution in [3.05, 3.63) is 0 Å². The fourth-order valence-electron chi connectivity index (χ4n) is 2.57. The summed E-state index contributed by atoms with van der Waals surface area (Å²) in [5, 5.41) is 3.58. The van der Waals surface area contributed by atoms with Crippen molar-refractivity contribution >= 4 is 0 Å². The van der Waals surface area contributed by atoms with Gasteiger partial charge in [0, 0.05) is 18.6 Å². The van der Waals surface area contributed by atoms with E-state index in [1.165, 1.54) is 45.3 Å². The van der Waals surface area contributed by atoms with Gasteiger partial charge in [0.1, 0.15) is 0 Å². The molecule has 2 heteroatoms. The summed E-state index contributed by atoms with van der Waals surface area (Å²) in [6, 6.07) is 1.70. The van der Waals surface area contributed by atoms with Crippen molar-refractivity contribution in [2.45, 2.75) is 51.6 Å². The molecule has 0 aromatic carbocycles. The first-order valence-corrected chi connectivity index (χ1v) is 6.23. The Balaban J connectivity index is 1.55. The van der Waals surface area contributed by atoms with Crippen LogP contribution in [0.2, 0.25) is 0 Å². The highest BCUT2D eigenvalue weighted by Crippen LogP contribution is 2.22. The zero-order chi connectivity index (χ0) is 9.97. The van der Waals surface area contributed by atoms with E-state index >= 15 is 0 Å². The van der Waals surface area contributed by atoms with Gasteiger partial charge in [0.25, 0.3) is 0 Å². The number of likely N-dealkylation sites (tertiary alicyclic amines) is 1. The molecule has 82 valence electrons. The van der Waals surface area contributed by atoms with Crippen molar-refractivity contribution in [2.75, 3.05) is 19.6 Å².